The lowest BCUT2D eigenvalue weighted by Gasteiger charge is -2.36. The number of imidazole rings is 1. The second-order valence-electron chi connectivity index (χ2n) is 8.58. The van der Waals surface area contributed by atoms with Crippen LogP contribution >= 0.6 is 11.6 Å². The molecule has 1 N–H and O–H groups in total. The fourth-order valence-corrected chi connectivity index (χ4v) is 4.58. The Morgan fingerprint density at radius 1 is 1.09 bits per heavy atom. The minimum absolute atomic E-state index is 0.107. The summed E-state index contributed by atoms with van der Waals surface area (Å²) in [7, 11) is 0. The first kappa shape index (κ1) is 21.9. The Hall–Kier alpha value is -3.62. The number of hydrogen-bond acceptors (Lipinski definition) is 4. The molecular formula is C26H27ClN6O2. The van der Waals surface area contributed by atoms with Crippen molar-refractivity contribution >= 4 is 40.0 Å². The van der Waals surface area contributed by atoms with E-state index in [0.29, 0.717) is 34.9 Å². The molecule has 0 saturated carbocycles. The topological polar surface area (TPSA) is 77.5 Å². The number of fused-ring (bicyclic) bond motifs is 1. The van der Waals surface area contributed by atoms with Crippen molar-refractivity contribution in [2.24, 2.45) is 0 Å². The Morgan fingerprint density at radius 2 is 1.91 bits per heavy atom. The van der Waals surface area contributed by atoms with Crippen LogP contribution in [0.1, 0.15) is 11.7 Å². The SMILES string of the molecule is [2H]c1cc2ccc(C(=O)N(CC(=O)N3CCN(CCn4ccnc4)CC3)c3ccccc3Cl)cc2[nH]1. The van der Waals surface area contributed by atoms with E-state index >= 15 is 0 Å². The average Bonchev–Trinajstić information content (AvgIpc) is 3.54. The van der Waals surface area contributed by atoms with Crippen molar-refractivity contribution in [3.05, 3.63) is 84.0 Å². The van der Waals surface area contributed by atoms with Crippen LogP contribution in [0.4, 0.5) is 5.69 Å². The molecule has 1 aliphatic heterocycles. The second-order valence-corrected chi connectivity index (χ2v) is 8.99. The highest BCUT2D eigenvalue weighted by Gasteiger charge is 2.27. The summed E-state index contributed by atoms with van der Waals surface area (Å²) < 4.78 is 9.85. The number of carbonyl (C=O) groups is 2. The van der Waals surface area contributed by atoms with Gasteiger partial charge in [0.1, 0.15) is 6.54 Å². The lowest BCUT2D eigenvalue weighted by molar-refractivity contribution is -0.131. The molecule has 2 amide bonds. The van der Waals surface area contributed by atoms with Crippen LogP contribution in [0.2, 0.25) is 5.02 Å². The zero-order chi connectivity index (χ0) is 25.1. The van der Waals surface area contributed by atoms with Gasteiger partial charge in [-0.15, -0.1) is 0 Å². The lowest BCUT2D eigenvalue weighted by Crippen LogP contribution is -2.52. The van der Waals surface area contributed by atoms with E-state index in [1.165, 1.54) is 4.90 Å². The smallest absolute Gasteiger partial charge is 0.258 e. The molecule has 8 nitrogen and oxygen atoms in total. The summed E-state index contributed by atoms with van der Waals surface area (Å²) in [6.07, 6.45) is 5.79. The number of carbonyl (C=O) groups excluding carboxylic acids is 2. The van der Waals surface area contributed by atoms with Crippen molar-refractivity contribution in [3.8, 4) is 0 Å². The quantitative estimate of drug-likeness (QED) is 0.429. The van der Waals surface area contributed by atoms with Crippen LogP contribution in [-0.4, -0.2) is 75.4 Å². The van der Waals surface area contributed by atoms with Gasteiger partial charge >= 0.3 is 0 Å². The molecule has 35 heavy (non-hydrogen) atoms. The van der Waals surface area contributed by atoms with Gasteiger partial charge in [-0.1, -0.05) is 29.8 Å². The summed E-state index contributed by atoms with van der Waals surface area (Å²) in [4.78, 5) is 39.6. The average molecular weight is 492 g/mol. The molecule has 9 heteroatoms. The van der Waals surface area contributed by atoms with E-state index in [1.54, 1.807) is 61.1 Å². The fourth-order valence-electron chi connectivity index (χ4n) is 4.34. The summed E-state index contributed by atoms with van der Waals surface area (Å²) in [6, 6.07) is 14.0. The van der Waals surface area contributed by atoms with E-state index in [0.717, 1.165) is 31.6 Å². The van der Waals surface area contributed by atoms with E-state index < -0.39 is 0 Å². The van der Waals surface area contributed by atoms with Crippen LogP contribution in [0.25, 0.3) is 10.9 Å². The number of hydrogen-bond donors (Lipinski definition) is 1. The number of H-pyrrole nitrogens is 1. The monoisotopic (exact) mass is 491 g/mol. The highest BCUT2D eigenvalue weighted by Crippen LogP contribution is 2.27. The Morgan fingerprint density at radius 3 is 2.69 bits per heavy atom. The Labute approximate surface area is 210 Å². The molecule has 2 aromatic heterocycles. The fraction of sp³-hybridized carbons (Fsp3) is 0.269. The molecule has 0 aliphatic carbocycles. The highest BCUT2D eigenvalue weighted by atomic mass is 35.5. The van der Waals surface area contributed by atoms with Gasteiger partial charge in [0.15, 0.2) is 0 Å². The van der Waals surface area contributed by atoms with Gasteiger partial charge in [0.25, 0.3) is 5.91 Å². The number of para-hydroxylation sites is 1. The van der Waals surface area contributed by atoms with Gasteiger partial charge in [-0.25, -0.2) is 4.98 Å². The number of benzene rings is 2. The lowest BCUT2D eigenvalue weighted by atomic mass is 10.1. The molecule has 5 rings (SSSR count). The van der Waals surface area contributed by atoms with Crippen LogP contribution in [0, 0.1) is 0 Å². The predicted octanol–water partition coefficient (Wildman–Crippen LogP) is 3.51. The Balaban J connectivity index is 1.29. The van der Waals surface area contributed by atoms with Gasteiger partial charge in [-0.3, -0.25) is 19.4 Å². The molecule has 0 atom stereocenters. The first-order valence-corrected chi connectivity index (χ1v) is 12.0. The first-order chi connectivity index (χ1) is 17.5. The summed E-state index contributed by atoms with van der Waals surface area (Å²) in [6.45, 7) is 4.41. The Kier molecular flexibility index (Phi) is 6.46. The van der Waals surface area contributed by atoms with Crippen LogP contribution in [0.15, 0.2) is 73.4 Å². The highest BCUT2D eigenvalue weighted by molar-refractivity contribution is 6.34. The van der Waals surface area contributed by atoms with Crippen molar-refractivity contribution < 1.29 is 11.0 Å². The van der Waals surface area contributed by atoms with Crippen LogP contribution < -0.4 is 4.90 Å². The molecule has 180 valence electrons. The predicted molar refractivity (Wildman–Crippen MR) is 137 cm³/mol. The molecule has 1 fully saturated rings. The van der Waals surface area contributed by atoms with E-state index in [1.807, 2.05) is 15.7 Å². The third-order valence-electron chi connectivity index (χ3n) is 6.38. The summed E-state index contributed by atoms with van der Waals surface area (Å²) in [5, 5.41) is 1.25. The molecule has 3 heterocycles. The number of nitrogens with zero attached hydrogens (tertiary/aromatic N) is 5. The molecule has 1 saturated heterocycles. The second kappa shape index (κ2) is 10.3. The van der Waals surface area contributed by atoms with Gasteiger partial charge in [0.2, 0.25) is 5.91 Å². The first-order valence-electron chi connectivity index (χ1n) is 12.1. The molecule has 0 bridgehead atoms. The maximum absolute atomic E-state index is 13.6. The molecular weight excluding hydrogens is 464 g/mol. The van der Waals surface area contributed by atoms with Gasteiger partial charge in [0.05, 0.1) is 18.4 Å². The van der Waals surface area contributed by atoms with Crippen molar-refractivity contribution in [3.63, 3.8) is 0 Å². The third-order valence-corrected chi connectivity index (χ3v) is 6.69. The summed E-state index contributed by atoms with van der Waals surface area (Å²) in [5.74, 6) is -0.439. The van der Waals surface area contributed by atoms with Crippen LogP contribution in [-0.2, 0) is 11.3 Å². The summed E-state index contributed by atoms with van der Waals surface area (Å²) >= 11 is 6.45. The van der Waals surface area contributed by atoms with Crippen molar-refractivity contribution in [2.45, 2.75) is 6.54 Å². The van der Waals surface area contributed by atoms with Gasteiger partial charge in [-0.05, 0) is 35.7 Å². The van der Waals surface area contributed by atoms with Crippen molar-refractivity contribution in [1.29, 1.82) is 0 Å². The molecule has 0 spiro atoms. The third kappa shape index (κ3) is 5.23. The molecule has 2 aromatic carbocycles. The number of halogens is 1. The van der Waals surface area contributed by atoms with Gasteiger partial charge in [-0.2, -0.15) is 0 Å². The zero-order valence-corrected chi connectivity index (χ0v) is 20.0. The largest absolute Gasteiger partial charge is 0.361 e. The minimum atomic E-state index is -0.321. The number of aromatic nitrogens is 3. The number of aromatic amines is 1. The number of nitrogens with one attached hydrogen (secondary N) is 1. The number of piperazine rings is 1. The van der Waals surface area contributed by atoms with Gasteiger partial charge in [0, 0.05) is 68.9 Å². The minimum Gasteiger partial charge on any atom is -0.361 e. The van der Waals surface area contributed by atoms with E-state index in [2.05, 4.69) is 14.9 Å². The van der Waals surface area contributed by atoms with Crippen molar-refractivity contribution in [2.75, 3.05) is 44.2 Å². The van der Waals surface area contributed by atoms with E-state index in [-0.39, 0.29) is 24.5 Å². The molecule has 0 radical (unpaired) electrons. The van der Waals surface area contributed by atoms with Crippen molar-refractivity contribution in [1.82, 2.24) is 24.3 Å². The number of rotatable bonds is 7. The Bertz CT molecular complexity index is 1360. The number of amides is 2. The normalized spacial score (nSPS) is 14.8. The zero-order valence-electron chi connectivity index (χ0n) is 20.2. The maximum atomic E-state index is 13.6. The molecule has 4 aromatic rings. The number of anilines is 1. The maximum Gasteiger partial charge on any atom is 0.258 e. The van der Waals surface area contributed by atoms with E-state index in [9.17, 15) is 9.59 Å². The molecule has 0 unspecified atom stereocenters. The summed E-state index contributed by atoms with van der Waals surface area (Å²) in [5.41, 5.74) is 1.61. The standard InChI is InChI=1S/C26H27ClN6O2/c27-22-3-1-2-4-24(22)33(26(35)21-6-5-20-7-8-29-23(20)17-21)18-25(34)32-15-13-30(14-16-32)11-12-31-10-9-28-19-31/h1-10,17,19,29H,11-16,18H2/i8D. The molecule has 1 aliphatic rings. The van der Waals surface area contributed by atoms with Crippen LogP contribution in [0.5, 0.6) is 0 Å². The van der Waals surface area contributed by atoms with Gasteiger partial charge < -0.3 is 14.5 Å². The van der Waals surface area contributed by atoms with E-state index in [4.69, 9.17) is 13.0 Å². The van der Waals surface area contributed by atoms with Crippen LogP contribution in [0.3, 0.4) is 0 Å².